The molecule has 0 aliphatic carbocycles. The highest BCUT2D eigenvalue weighted by molar-refractivity contribution is 8.13. The maximum Gasteiger partial charge on any atom is 0.421 e. The lowest BCUT2D eigenvalue weighted by molar-refractivity contribution is -0.139. The van der Waals surface area contributed by atoms with Crippen molar-refractivity contribution in [2.45, 2.75) is 12.6 Å². The van der Waals surface area contributed by atoms with Crippen LogP contribution in [0, 0.1) is 11.7 Å². The van der Waals surface area contributed by atoms with Crippen molar-refractivity contribution >= 4 is 31.3 Å². The Morgan fingerprint density at radius 2 is 1.95 bits per heavy atom. The van der Waals surface area contributed by atoms with Crippen LogP contribution in [0.2, 0.25) is 0 Å². The first-order valence-corrected chi connectivity index (χ1v) is 8.55. The van der Waals surface area contributed by atoms with Gasteiger partial charge in [-0.2, -0.15) is 13.2 Å². The molecule has 10 heteroatoms. The molecule has 1 fully saturated rings. The second kappa shape index (κ2) is 5.69. The summed E-state index contributed by atoms with van der Waals surface area (Å²) in [6, 6.07) is 2.67. The minimum absolute atomic E-state index is 0.264. The van der Waals surface area contributed by atoms with E-state index in [1.807, 2.05) is 0 Å². The van der Waals surface area contributed by atoms with E-state index in [9.17, 15) is 30.8 Å². The van der Waals surface area contributed by atoms with Crippen molar-refractivity contribution in [3.8, 4) is 0 Å². The average molecular weight is 360 g/mol. The van der Waals surface area contributed by atoms with Crippen molar-refractivity contribution in [2.24, 2.45) is 5.92 Å². The standard InChI is InChI=1S/C12H10ClF4NO3S/c13-22(20,21)6-7-4-10(19)18(5-7)9-3-1-2-8(14)11(9)12(15,16)17/h1-3,7H,4-6H2. The van der Waals surface area contributed by atoms with Crippen molar-refractivity contribution in [1.82, 2.24) is 0 Å². The Hall–Kier alpha value is -1.35. The molecule has 4 nitrogen and oxygen atoms in total. The van der Waals surface area contributed by atoms with Crippen LogP contribution in [-0.4, -0.2) is 26.6 Å². The molecule has 0 saturated carbocycles. The molecular formula is C12H10ClF4NO3S. The summed E-state index contributed by atoms with van der Waals surface area (Å²) in [5, 5.41) is 0. The Kier molecular flexibility index (Phi) is 4.40. The first-order chi connectivity index (χ1) is 9.99. The zero-order valence-electron chi connectivity index (χ0n) is 10.9. The van der Waals surface area contributed by atoms with E-state index in [0.29, 0.717) is 6.07 Å². The van der Waals surface area contributed by atoms with Crippen LogP contribution >= 0.6 is 10.7 Å². The van der Waals surface area contributed by atoms with E-state index in [0.717, 1.165) is 17.0 Å². The van der Waals surface area contributed by atoms with Crippen molar-refractivity contribution in [2.75, 3.05) is 17.2 Å². The van der Waals surface area contributed by atoms with Crippen LogP contribution in [0.25, 0.3) is 0 Å². The SMILES string of the molecule is O=C1CC(CS(=O)(=O)Cl)CN1c1cccc(F)c1C(F)(F)F. The van der Waals surface area contributed by atoms with Crippen molar-refractivity contribution in [3.63, 3.8) is 0 Å². The summed E-state index contributed by atoms with van der Waals surface area (Å²) in [4.78, 5) is 12.6. The van der Waals surface area contributed by atoms with Gasteiger partial charge in [0.1, 0.15) is 11.4 Å². The van der Waals surface area contributed by atoms with Gasteiger partial charge in [0.2, 0.25) is 15.0 Å². The smallest absolute Gasteiger partial charge is 0.311 e. The predicted molar refractivity (Wildman–Crippen MR) is 71.5 cm³/mol. The molecule has 1 aliphatic heterocycles. The largest absolute Gasteiger partial charge is 0.421 e. The van der Waals surface area contributed by atoms with E-state index in [4.69, 9.17) is 10.7 Å². The fourth-order valence-electron chi connectivity index (χ4n) is 2.43. The van der Waals surface area contributed by atoms with Crippen LogP contribution < -0.4 is 4.90 Å². The van der Waals surface area contributed by atoms with Crippen molar-refractivity contribution in [3.05, 3.63) is 29.6 Å². The van der Waals surface area contributed by atoms with Crippen LogP contribution in [0.15, 0.2) is 18.2 Å². The zero-order valence-corrected chi connectivity index (χ0v) is 12.5. The van der Waals surface area contributed by atoms with E-state index in [1.165, 1.54) is 0 Å². The summed E-state index contributed by atoms with van der Waals surface area (Å²) in [6.45, 7) is -0.267. The van der Waals surface area contributed by atoms with Gasteiger partial charge in [-0.1, -0.05) is 6.07 Å². The number of hydrogen-bond donors (Lipinski definition) is 0. The number of alkyl halides is 3. The molecule has 1 unspecified atom stereocenters. The Labute approximate surface area is 128 Å². The van der Waals surface area contributed by atoms with Gasteiger partial charge < -0.3 is 4.90 Å². The van der Waals surface area contributed by atoms with Gasteiger partial charge in [0.15, 0.2) is 0 Å². The lowest BCUT2D eigenvalue weighted by atomic mass is 10.1. The average Bonchev–Trinajstić information content (AvgIpc) is 2.65. The highest BCUT2D eigenvalue weighted by atomic mass is 35.7. The number of nitrogens with zero attached hydrogens (tertiary/aromatic N) is 1. The normalized spacial score (nSPS) is 19.8. The van der Waals surface area contributed by atoms with Gasteiger partial charge >= 0.3 is 6.18 Å². The maximum absolute atomic E-state index is 13.5. The third-order valence-corrected chi connectivity index (χ3v) is 4.45. The molecule has 0 bridgehead atoms. The molecule has 2 rings (SSSR count). The molecule has 0 spiro atoms. The fraction of sp³-hybridized carbons (Fsp3) is 0.417. The fourth-order valence-corrected chi connectivity index (χ4v) is 3.75. The second-order valence-corrected chi connectivity index (χ2v) is 7.73. The molecule has 0 radical (unpaired) electrons. The number of halogens is 5. The van der Waals surface area contributed by atoms with E-state index in [1.54, 1.807) is 0 Å². The molecule has 1 atom stereocenters. The minimum Gasteiger partial charge on any atom is -0.311 e. The molecule has 1 saturated heterocycles. The van der Waals surface area contributed by atoms with E-state index < -0.39 is 49.9 Å². The lowest BCUT2D eigenvalue weighted by Gasteiger charge is -2.22. The highest BCUT2D eigenvalue weighted by Crippen LogP contribution is 2.40. The molecule has 22 heavy (non-hydrogen) atoms. The number of hydrogen-bond acceptors (Lipinski definition) is 3. The van der Waals surface area contributed by atoms with Crippen molar-refractivity contribution in [1.29, 1.82) is 0 Å². The zero-order chi connectivity index (χ0) is 16.7. The Bertz CT molecular complexity index is 705. The molecule has 1 amide bonds. The first-order valence-electron chi connectivity index (χ1n) is 6.07. The molecular weight excluding hydrogens is 350 g/mol. The summed E-state index contributed by atoms with van der Waals surface area (Å²) in [7, 11) is 1.20. The van der Waals surface area contributed by atoms with Crippen molar-refractivity contribution < 1.29 is 30.8 Å². The Morgan fingerprint density at radius 1 is 1.32 bits per heavy atom. The van der Waals surface area contributed by atoms with Crippen LogP contribution in [-0.2, 0) is 20.0 Å². The van der Waals surface area contributed by atoms with Gasteiger partial charge in [-0.15, -0.1) is 0 Å². The summed E-state index contributed by atoms with van der Waals surface area (Å²) in [5.74, 6) is -3.47. The second-order valence-electron chi connectivity index (χ2n) is 4.91. The highest BCUT2D eigenvalue weighted by Gasteiger charge is 2.42. The van der Waals surface area contributed by atoms with E-state index in [2.05, 4.69) is 0 Å². The summed E-state index contributed by atoms with van der Waals surface area (Å²) < 4.78 is 74.4. The molecule has 1 aromatic carbocycles. The van der Waals surface area contributed by atoms with Crippen LogP contribution in [0.3, 0.4) is 0 Å². The number of carbonyl (C=O) groups is 1. The molecule has 1 aliphatic rings. The van der Waals surface area contributed by atoms with Gasteiger partial charge in [0.05, 0.1) is 11.4 Å². The van der Waals surface area contributed by atoms with Gasteiger partial charge in [0.25, 0.3) is 0 Å². The molecule has 0 aromatic heterocycles. The number of anilines is 1. The third kappa shape index (κ3) is 3.70. The monoisotopic (exact) mass is 359 g/mol. The molecule has 1 heterocycles. The van der Waals surface area contributed by atoms with Crippen LogP contribution in [0.5, 0.6) is 0 Å². The summed E-state index contributed by atoms with van der Waals surface area (Å²) in [6.07, 6.45) is -5.24. The van der Waals surface area contributed by atoms with Crippen LogP contribution in [0.1, 0.15) is 12.0 Å². The number of amides is 1. The summed E-state index contributed by atoms with van der Waals surface area (Å²) in [5.41, 5.74) is -2.16. The quantitative estimate of drug-likeness (QED) is 0.616. The van der Waals surface area contributed by atoms with E-state index in [-0.39, 0.29) is 13.0 Å². The van der Waals surface area contributed by atoms with Gasteiger partial charge in [-0.3, -0.25) is 4.79 Å². The molecule has 0 N–H and O–H groups in total. The van der Waals surface area contributed by atoms with Gasteiger partial charge in [-0.05, 0) is 12.1 Å². The topological polar surface area (TPSA) is 54.5 Å². The predicted octanol–water partition coefficient (Wildman–Crippen LogP) is 2.77. The number of carbonyl (C=O) groups excluding carboxylic acids is 1. The molecule has 122 valence electrons. The maximum atomic E-state index is 13.5. The van der Waals surface area contributed by atoms with Gasteiger partial charge in [0, 0.05) is 29.6 Å². The first kappa shape index (κ1) is 17.0. The molecule has 1 aromatic rings. The number of rotatable bonds is 3. The number of benzene rings is 1. The van der Waals surface area contributed by atoms with Gasteiger partial charge in [-0.25, -0.2) is 12.8 Å². The van der Waals surface area contributed by atoms with E-state index >= 15 is 0 Å². The minimum atomic E-state index is -4.97. The lowest BCUT2D eigenvalue weighted by Crippen LogP contribution is -2.28. The third-order valence-electron chi connectivity index (χ3n) is 3.21. The van der Waals surface area contributed by atoms with Crippen LogP contribution in [0.4, 0.5) is 23.2 Å². The Morgan fingerprint density at radius 3 is 2.50 bits per heavy atom. The summed E-state index contributed by atoms with van der Waals surface area (Å²) >= 11 is 0. The Balaban J connectivity index is 2.38.